The standard InChI is InChI=1S/C15H19N3O4/c1-10(9-17-8-4-7-14(17)19)16-15(20)12-5-3-6-13(11(12)2)18(21)22/h3,5-6,10H,4,7-9H2,1-2H3,(H,16,20). The number of nitro benzene ring substituents is 1. The minimum Gasteiger partial charge on any atom is -0.348 e. The Bertz CT molecular complexity index is 615. The van der Waals surface area contributed by atoms with Gasteiger partial charge in [0.15, 0.2) is 0 Å². The molecule has 1 aromatic rings. The molecule has 0 saturated carbocycles. The number of amides is 2. The first-order valence-corrected chi connectivity index (χ1v) is 7.22. The largest absolute Gasteiger partial charge is 0.348 e. The first-order chi connectivity index (χ1) is 10.4. The summed E-state index contributed by atoms with van der Waals surface area (Å²) in [5.41, 5.74) is 0.554. The van der Waals surface area contributed by atoms with Crippen molar-refractivity contribution in [3.05, 3.63) is 39.4 Å². The van der Waals surface area contributed by atoms with Crippen LogP contribution in [0.1, 0.15) is 35.7 Å². The van der Waals surface area contributed by atoms with E-state index in [9.17, 15) is 19.7 Å². The summed E-state index contributed by atoms with van der Waals surface area (Å²) in [6.07, 6.45) is 1.41. The molecule has 1 heterocycles. The number of hydrogen-bond acceptors (Lipinski definition) is 4. The number of carbonyl (C=O) groups is 2. The zero-order valence-corrected chi connectivity index (χ0v) is 12.7. The monoisotopic (exact) mass is 305 g/mol. The van der Waals surface area contributed by atoms with E-state index in [1.807, 2.05) is 6.92 Å². The van der Waals surface area contributed by atoms with Crippen LogP contribution in [-0.2, 0) is 4.79 Å². The van der Waals surface area contributed by atoms with E-state index in [2.05, 4.69) is 5.32 Å². The zero-order chi connectivity index (χ0) is 16.3. The van der Waals surface area contributed by atoms with E-state index in [0.717, 1.165) is 13.0 Å². The van der Waals surface area contributed by atoms with Crippen LogP contribution in [0.15, 0.2) is 18.2 Å². The molecule has 22 heavy (non-hydrogen) atoms. The summed E-state index contributed by atoms with van der Waals surface area (Å²) in [5, 5.41) is 13.7. The number of nitrogens with zero attached hydrogens (tertiary/aromatic N) is 2. The van der Waals surface area contributed by atoms with Crippen LogP contribution in [-0.4, -0.2) is 40.8 Å². The summed E-state index contributed by atoms with van der Waals surface area (Å²) in [4.78, 5) is 36.0. The lowest BCUT2D eigenvalue weighted by Crippen LogP contribution is -2.42. The molecular weight excluding hydrogens is 286 g/mol. The van der Waals surface area contributed by atoms with Crippen LogP contribution in [0, 0.1) is 17.0 Å². The lowest BCUT2D eigenvalue weighted by molar-refractivity contribution is -0.385. The minimum absolute atomic E-state index is 0.0741. The molecule has 0 radical (unpaired) electrons. The molecule has 1 unspecified atom stereocenters. The van der Waals surface area contributed by atoms with Crippen molar-refractivity contribution in [1.29, 1.82) is 0 Å². The van der Waals surface area contributed by atoms with E-state index in [4.69, 9.17) is 0 Å². The first-order valence-electron chi connectivity index (χ1n) is 7.22. The maximum Gasteiger partial charge on any atom is 0.273 e. The van der Waals surface area contributed by atoms with Gasteiger partial charge in [0.1, 0.15) is 0 Å². The molecule has 1 saturated heterocycles. The Labute approximate surface area is 128 Å². The molecular formula is C15H19N3O4. The molecule has 1 N–H and O–H groups in total. The van der Waals surface area contributed by atoms with Crippen molar-refractivity contribution in [2.24, 2.45) is 0 Å². The fraction of sp³-hybridized carbons (Fsp3) is 0.467. The highest BCUT2D eigenvalue weighted by Crippen LogP contribution is 2.21. The van der Waals surface area contributed by atoms with Crippen LogP contribution in [0.2, 0.25) is 0 Å². The average molecular weight is 305 g/mol. The number of likely N-dealkylation sites (tertiary alicyclic amines) is 1. The van der Waals surface area contributed by atoms with Gasteiger partial charge in [0.2, 0.25) is 5.91 Å². The molecule has 1 aromatic carbocycles. The minimum atomic E-state index is -0.502. The summed E-state index contributed by atoms with van der Waals surface area (Å²) < 4.78 is 0. The Hall–Kier alpha value is -2.44. The number of nitrogens with one attached hydrogen (secondary N) is 1. The summed E-state index contributed by atoms with van der Waals surface area (Å²) >= 11 is 0. The highest BCUT2D eigenvalue weighted by atomic mass is 16.6. The van der Waals surface area contributed by atoms with E-state index >= 15 is 0 Å². The molecule has 1 fully saturated rings. The summed E-state index contributed by atoms with van der Waals surface area (Å²) in [6, 6.07) is 4.21. The van der Waals surface area contributed by atoms with Crippen molar-refractivity contribution in [2.75, 3.05) is 13.1 Å². The molecule has 0 aromatic heterocycles. The second-order valence-corrected chi connectivity index (χ2v) is 5.52. The van der Waals surface area contributed by atoms with E-state index < -0.39 is 4.92 Å². The molecule has 7 nitrogen and oxygen atoms in total. The maximum atomic E-state index is 12.3. The molecule has 7 heteroatoms. The topological polar surface area (TPSA) is 92.6 Å². The molecule has 0 spiro atoms. The highest BCUT2D eigenvalue weighted by Gasteiger charge is 2.23. The van der Waals surface area contributed by atoms with Crippen LogP contribution in [0.25, 0.3) is 0 Å². The van der Waals surface area contributed by atoms with Crippen molar-refractivity contribution in [3.8, 4) is 0 Å². The molecule has 2 amide bonds. The second kappa shape index (κ2) is 6.55. The van der Waals surface area contributed by atoms with Crippen molar-refractivity contribution < 1.29 is 14.5 Å². The van der Waals surface area contributed by atoms with Gasteiger partial charge < -0.3 is 10.2 Å². The van der Waals surface area contributed by atoms with Gasteiger partial charge in [0.25, 0.3) is 11.6 Å². The smallest absolute Gasteiger partial charge is 0.273 e. The normalized spacial score (nSPS) is 15.7. The highest BCUT2D eigenvalue weighted by molar-refractivity contribution is 5.96. The van der Waals surface area contributed by atoms with E-state index in [1.165, 1.54) is 12.1 Å². The van der Waals surface area contributed by atoms with E-state index in [-0.39, 0.29) is 29.1 Å². The van der Waals surface area contributed by atoms with Gasteiger partial charge in [0.05, 0.1) is 4.92 Å². The number of rotatable bonds is 5. The van der Waals surface area contributed by atoms with Crippen LogP contribution in [0.3, 0.4) is 0 Å². The third-order valence-corrected chi connectivity index (χ3v) is 3.79. The second-order valence-electron chi connectivity index (χ2n) is 5.52. The predicted octanol–water partition coefficient (Wildman–Crippen LogP) is 1.64. The van der Waals surface area contributed by atoms with Crippen molar-refractivity contribution >= 4 is 17.5 Å². The third-order valence-electron chi connectivity index (χ3n) is 3.79. The Morgan fingerprint density at radius 1 is 1.50 bits per heavy atom. The Morgan fingerprint density at radius 3 is 2.82 bits per heavy atom. The quantitative estimate of drug-likeness (QED) is 0.661. The Kier molecular flexibility index (Phi) is 4.75. The fourth-order valence-corrected chi connectivity index (χ4v) is 2.64. The molecule has 1 atom stereocenters. The van der Waals surface area contributed by atoms with Crippen molar-refractivity contribution in [1.82, 2.24) is 10.2 Å². The molecule has 1 aliphatic rings. The average Bonchev–Trinajstić information content (AvgIpc) is 2.83. The number of nitro groups is 1. The van der Waals surface area contributed by atoms with Crippen LogP contribution < -0.4 is 5.32 Å². The van der Waals surface area contributed by atoms with Gasteiger partial charge in [-0.15, -0.1) is 0 Å². The van der Waals surface area contributed by atoms with Gasteiger partial charge >= 0.3 is 0 Å². The van der Waals surface area contributed by atoms with Crippen LogP contribution in [0.5, 0.6) is 0 Å². The third kappa shape index (κ3) is 3.41. The molecule has 1 aliphatic heterocycles. The van der Waals surface area contributed by atoms with Gasteiger partial charge in [-0.05, 0) is 26.3 Å². The van der Waals surface area contributed by atoms with Gasteiger partial charge in [-0.25, -0.2) is 0 Å². The lowest BCUT2D eigenvalue weighted by atomic mass is 10.1. The number of hydrogen-bond donors (Lipinski definition) is 1. The zero-order valence-electron chi connectivity index (χ0n) is 12.7. The van der Waals surface area contributed by atoms with Crippen molar-refractivity contribution in [3.63, 3.8) is 0 Å². The first kappa shape index (κ1) is 15.9. The summed E-state index contributed by atoms with van der Waals surface area (Å²) in [7, 11) is 0. The van der Waals surface area contributed by atoms with Gasteiger partial charge in [-0.3, -0.25) is 19.7 Å². The SMILES string of the molecule is Cc1c(C(=O)NC(C)CN2CCCC2=O)cccc1[N+](=O)[O-]. The molecule has 0 aliphatic carbocycles. The van der Waals surface area contributed by atoms with Crippen LogP contribution >= 0.6 is 0 Å². The van der Waals surface area contributed by atoms with E-state index in [1.54, 1.807) is 17.9 Å². The lowest BCUT2D eigenvalue weighted by Gasteiger charge is -2.22. The Morgan fingerprint density at radius 2 is 2.23 bits per heavy atom. The van der Waals surface area contributed by atoms with Gasteiger partial charge in [-0.2, -0.15) is 0 Å². The van der Waals surface area contributed by atoms with Gasteiger partial charge in [-0.1, -0.05) is 6.07 Å². The summed E-state index contributed by atoms with van der Waals surface area (Å²) in [5.74, 6) is -0.257. The van der Waals surface area contributed by atoms with E-state index in [0.29, 0.717) is 18.5 Å². The maximum absolute atomic E-state index is 12.3. The fourth-order valence-electron chi connectivity index (χ4n) is 2.64. The predicted molar refractivity (Wildman–Crippen MR) is 80.6 cm³/mol. The van der Waals surface area contributed by atoms with Crippen molar-refractivity contribution in [2.45, 2.75) is 32.7 Å². The molecule has 118 valence electrons. The molecule has 0 bridgehead atoms. The van der Waals surface area contributed by atoms with Crippen LogP contribution in [0.4, 0.5) is 5.69 Å². The molecule has 2 rings (SSSR count). The number of carbonyl (C=O) groups excluding carboxylic acids is 2. The summed E-state index contributed by atoms with van der Waals surface area (Å²) in [6.45, 7) is 4.55. The number of benzene rings is 1. The van der Waals surface area contributed by atoms with Gasteiger partial charge in [0, 0.05) is 42.7 Å². The Balaban J connectivity index is 2.04.